The Hall–Kier alpha value is -2.14. The molecule has 88 valence electrons. The van der Waals surface area contributed by atoms with E-state index in [2.05, 4.69) is 10.1 Å². The van der Waals surface area contributed by atoms with Gasteiger partial charge in [0.2, 0.25) is 6.08 Å². The number of nitrogens with zero attached hydrogens (tertiary/aromatic N) is 3. The highest BCUT2D eigenvalue weighted by molar-refractivity contribution is 5.66. The number of hydrogen-bond acceptors (Lipinski definition) is 4. The molecule has 1 aliphatic rings. The van der Waals surface area contributed by atoms with Gasteiger partial charge in [0.05, 0.1) is 5.69 Å². The quantitative estimate of drug-likeness (QED) is 0.602. The third-order valence-electron chi connectivity index (χ3n) is 2.21. The summed E-state index contributed by atoms with van der Waals surface area (Å²) >= 11 is 0. The highest BCUT2D eigenvalue weighted by Gasteiger charge is 2.47. The lowest BCUT2D eigenvalue weighted by Crippen LogP contribution is -2.28. The summed E-state index contributed by atoms with van der Waals surface area (Å²) in [6.07, 6.45) is -1.99. The first-order chi connectivity index (χ1) is 8.02. The molecule has 17 heavy (non-hydrogen) atoms. The second-order valence-corrected chi connectivity index (χ2v) is 3.35. The van der Waals surface area contributed by atoms with Crippen molar-refractivity contribution in [2.45, 2.75) is 12.2 Å². The third-order valence-corrected chi connectivity index (χ3v) is 2.21. The Balaban J connectivity index is 2.27. The summed E-state index contributed by atoms with van der Waals surface area (Å²) in [6.45, 7) is 0. The molecule has 0 saturated carbocycles. The topological polar surface area (TPSA) is 44.8 Å². The van der Waals surface area contributed by atoms with Crippen LogP contribution in [0.4, 0.5) is 18.9 Å². The minimum atomic E-state index is -4.41. The van der Waals surface area contributed by atoms with Gasteiger partial charge in [-0.25, -0.2) is 9.80 Å². The second-order valence-electron chi connectivity index (χ2n) is 3.35. The molecule has 0 fully saturated rings. The summed E-state index contributed by atoms with van der Waals surface area (Å²) in [4.78, 5) is 13.3. The van der Waals surface area contributed by atoms with Crippen LogP contribution in [0.3, 0.4) is 0 Å². The van der Waals surface area contributed by atoms with Crippen LogP contribution in [0.2, 0.25) is 0 Å². The monoisotopic (exact) mass is 241 g/mol. The molecule has 2 rings (SSSR count). The number of rotatable bonds is 3. The Kier molecular flexibility index (Phi) is 2.69. The summed E-state index contributed by atoms with van der Waals surface area (Å²) in [7, 11) is 0. The van der Waals surface area contributed by atoms with Crippen molar-refractivity contribution >= 4 is 18.1 Å². The van der Waals surface area contributed by atoms with E-state index >= 15 is 0 Å². The van der Waals surface area contributed by atoms with Gasteiger partial charge < -0.3 is 0 Å². The van der Waals surface area contributed by atoms with E-state index < -0.39 is 12.2 Å². The minimum Gasteiger partial charge on any atom is -0.234 e. The van der Waals surface area contributed by atoms with E-state index in [4.69, 9.17) is 0 Å². The van der Waals surface area contributed by atoms with Crippen molar-refractivity contribution in [2.24, 2.45) is 10.1 Å². The number of benzene rings is 1. The van der Waals surface area contributed by atoms with Crippen molar-refractivity contribution in [1.29, 1.82) is 0 Å². The van der Waals surface area contributed by atoms with Crippen molar-refractivity contribution in [2.75, 3.05) is 0 Å². The van der Waals surface area contributed by atoms with Crippen LogP contribution in [0, 0.1) is 0 Å². The predicted molar refractivity (Wildman–Crippen MR) is 53.4 cm³/mol. The predicted octanol–water partition coefficient (Wildman–Crippen LogP) is 2.52. The van der Waals surface area contributed by atoms with E-state index in [0.29, 0.717) is 0 Å². The first-order valence-electron chi connectivity index (χ1n) is 4.59. The normalized spacial score (nSPS) is 15.4. The molecule has 4 nitrogen and oxygen atoms in total. The summed E-state index contributed by atoms with van der Waals surface area (Å²) in [5, 5.41) is 4.24. The molecule has 0 bridgehead atoms. The summed E-state index contributed by atoms with van der Waals surface area (Å²) in [5.41, 5.74) is 0.302. The molecule has 0 N–H and O–H groups in total. The van der Waals surface area contributed by atoms with Gasteiger partial charge in [0.1, 0.15) is 6.34 Å². The van der Waals surface area contributed by atoms with Gasteiger partial charge in [-0.3, -0.25) is 0 Å². The number of hydrogen-bond donors (Lipinski definition) is 0. The fraction of sp³-hybridized carbons (Fsp3) is 0.200. The van der Waals surface area contributed by atoms with Crippen LogP contribution >= 0.6 is 0 Å². The summed E-state index contributed by atoms with van der Waals surface area (Å²) in [6, 6.07) is 3.38. The maximum absolute atomic E-state index is 12.7. The Morgan fingerprint density at radius 3 is 2.29 bits per heavy atom. The summed E-state index contributed by atoms with van der Waals surface area (Å²) in [5.74, 6) is 0. The molecular weight excluding hydrogens is 235 g/mol. The van der Waals surface area contributed by atoms with Gasteiger partial charge in [-0.2, -0.15) is 23.3 Å². The van der Waals surface area contributed by atoms with Crippen LogP contribution < -0.4 is 0 Å². The smallest absolute Gasteiger partial charge is 0.234 e. The van der Waals surface area contributed by atoms with Gasteiger partial charge in [0.25, 0.3) is 0 Å². The molecule has 7 heteroatoms. The zero-order valence-corrected chi connectivity index (χ0v) is 8.35. The molecule has 0 saturated heterocycles. The van der Waals surface area contributed by atoms with E-state index in [-0.39, 0.29) is 11.3 Å². The molecule has 0 spiro atoms. The van der Waals surface area contributed by atoms with Gasteiger partial charge in [-0.05, 0) is 17.7 Å². The molecule has 1 atom stereocenters. The van der Waals surface area contributed by atoms with Gasteiger partial charge in [-0.1, -0.05) is 12.1 Å². The van der Waals surface area contributed by atoms with E-state index in [1.807, 2.05) is 0 Å². The molecule has 1 aromatic carbocycles. The maximum atomic E-state index is 12.7. The highest BCUT2D eigenvalue weighted by Crippen LogP contribution is 2.40. The van der Waals surface area contributed by atoms with Crippen LogP contribution in [0.15, 0.2) is 34.4 Å². The highest BCUT2D eigenvalue weighted by atomic mass is 19.4. The average molecular weight is 241 g/mol. The van der Waals surface area contributed by atoms with E-state index in [1.54, 1.807) is 0 Å². The van der Waals surface area contributed by atoms with Gasteiger partial charge >= 0.3 is 6.18 Å². The van der Waals surface area contributed by atoms with Crippen molar-refractivity contribution in [3.8, 4) is 0 Å². The molecule has 0 aromatic heterocycles. The first kappa shape index (κ1) is 11.3. The van der Waals surface area contributed by atoms with Crippen LogP contribution in [-0.4, -0.2) is 23.6 Å². The van der Waals surface area contributed by atoms with Crippen LogP contribution in [0.5, 0.6) is 0 Å². The molecule has 1 unspecified atom stereocenters. The number of carbonyl (C=O) groups excluding carboxylic acids is 1. The Labute approximate surface area is 94.1 Å². The Morgan fingerprint density at radius 2 is 1.88 bits per heavy atom. The fourth-order valence-corrected chi connectivity index (χ4v) is 1.44. The lowest BCUT2D eigenvalue weighted by atomic mass is 10.1. The molecule has 1 aliphatic heterocycles. The van der Waals surface area contributed by atoms with Gasteiger partial charge in [0.15, 0.2) is 6.04 Å². The minimum absolute atomic E-state index is 0.0415. The molecule has 0 aliphatic carbocycles. The Bertz CT molecular complexity index is 483. The van der Waals surface area contributed by atoms with E-state index in [9.17, 15) is 18.0 Å². The fourth-order valence-electron chi connectivity index (χ4n) is 1.44. The molecular formula is C10H6F3N3O. The maximum Gasteiger partial charge on any atom is 0.415 e. The largest absolute Gasteiger partial charge is 0.415 e. The van der Waals surface area contributed by atoms with Gasteiger partial charge in [0, 0.05) is 0 Å². The van der Waals surface area contributed by atoms with Crippen molar-refractivity contribution in [3.05, 3.63) is 29.8 Å². The van der Waals surface area contributed by atoms with Crippen molar-refractivity contribution in [1.82, 2.24) is 5.01 Å². The molecule has 0 radical (unpaired) electrons. The average Bonchev–Trinajstić information content (AvgIpc) is 3.04. The number of halogens is 3. The first-order valence-corrected chi connectivity index (χ1v) is 4.59. The van der Waals surface area contributed by atoms with Crippen molar-refractivity contribution in [3.63, 3.8) is 0 Å². The van der Waals surface area contributed by atoms with E-state index in [1.165, 1.54) is 30.3 Å². The van der Waals surface area contributed by atoms with Crippen LogP contribution in [0.1, 0.15) is 11.6 Å². The van der Waals surface area contributed by atoms with Crippen molar-refractivity contribution < 1.29 is 18.0 Å². The van der Waals surface area contributed by atoms with E-state index in [0.717, 1.165) is 11.3 Å². The SMILES string of the molecule is O=C=Nc1ccc(C(N2C=N2)C(F)(F)F)cc1. The zero-order chi connectivity index (χ0) is 12.5. The zero-order valence-electron chi connectivity index (χ0n) is 8.35. The molecule has 0 amide bonds. The van der Waals surface area contributed by atoms with Crippen LogP contribution in [-0.2, 0) is 4.79 Å². The van der Waals surface area contributed by atoms with Crippen LogP contribution in [0.25, 0.3) is 0 Å². The lowest BCUT2D eigenvalue weighted by Gasteiger charge is -2.20. The molecule has 1 heterocycles. The summed E-state index contributed by atoms with van der Waals surface area (Å²) < 4.78 is 38.2. The number of aliphatic imine (C=N–C) groups is 1. The third kappa shape index (κ3) is 2.51. The van der Waals surface area contributed by atoms with Gasteiger partial charge in [-0.15, -0.1) is 0 Å². The second kappa shape index (κ2) is 4.03. The number of hydrazone groups is 1. The Morgan fingerprint density at radius 1 is 1.29 bits per heavy atom. The standard InChI is InChI=1S/C10H6F3N3O/c11-10(12,13)9(16-5-15-16)7-1-3-8(4-2-7)14-6-17/h1-5,9H. The number of alkyl halides is 3. The lowest BCUT2D eigenvalue weighted by molar-refractivity contribution is -0.170. The number of isocyanates is 1. The molecule has 1 aromatic rings.